The van der Waals surface area contributed by atoms with Gasteiger partial charge in [-0.25, -0.2) is 0 Å². The summed E-state index contributed by atoms with van der Waals surface area (Å²) in [4.78, 5) is 23.4. The van der Waals surface area contributed by atoms with Crippen molar-refractivity contribution in [2.45, 2.75) is 20.1 Å². The van der Waals surface area contributed by atoms with E-state index >= 15 is 0 Å². The van der Waals surface area contributed by atoms with Gasteiger partial charge in [-0.3, -0.25) is 9.59 Å². The van der Waals surface area contributed by atoms with Crippen molar-refractivity contribution < 1.29 is 23.8 Å². The fraction of sp³-hybridized carbons (Fsp3) is 0.211. The van der Waals surface area contributed by atoms with E-state index in [4.69, 9.17) is 25.8 Å². The van der Waals surface area contributed by atoms with E-state index in [1.165, 1.54) is 18.9 Å². The Morgan fingerprint density at radius 2 is 1.85 bits per heavy atom. The van der Waals surface area contributed by atoms with E-state index in [1.54, 1.807) is 49.6 Å². The van der Waals surface area contributed by atoms with E-state index < -0.39 is 12.2 Å². The van der Waals surface area contributed by atoms with Crippen LogP contribution in [0, 0.1) is 0 Å². The molecule has 7 nitrogen and oxygen atoms in total. The highest BCUT2D eigenvalue weighted by Crippen LogP contribution is 2.34. The number of methoxy groups -OCH3 is 1. The quantitative estimate of drug-likeness (QED) is 0.591. The number of nitrogens with zero attached hydrogens (tertiary/aromatic N) is 2. The van der Waals surface area contributed by atoms with Crippen molar-refractivity contribution in [1.82, 2.24) is 5.01 Å². The number of halogens is 1. The van der Waals surface area contributed by atoms with Crippen LogP contribution >= 0.6 is 11.6 Å². The fourth-order valence-electron chi connectivity index (χ4n) is 2.57. The first-order valence-corrected chi connectivity index (χ1v) is 8.44. The van der Waals surface area contributed by atoms with Crippen LogP contribution in [-0.4, -0.2) is 29.9 Å². The molecule has 0 bridgehead atoms. The lowest BCUT2D eigenvalue weighted by Gasteiger charge is -2.19. The topological polar surface area (TPSA) is 77.4 Å². The van der Waals surface area contributed by atoms with Crippen molar-refractivity contribution in [1.29, 1.82) is 0 Å². The molecule has 1 aliphatic rings. The minimum atomic E-state index is -0.757. The Morgan fingerprint density at radius 3 is 2.44 bits per heavy atom. The molecule has 2 aromatic rings. The second kappa shape index (κ2) is 7.67. The van der Waals surface area contributed by atoms with Crippen LogP contribution in [-0.2, 0) is 14.3 Å². The third kappa shape index (κ3) is 4.03. The number of hydrogen-bond acceptors (Lipinski definition) is 6. The van der Waals surface area contributed by atoms with E-state index in [0.717, 1.165) is 0 Å². The SMILES string of the molecule is COc1ccc([C@H]2OC(c3cc(Cl)ccc3OC(C)=O)=NN2C(C)=O)cc1. The molecule has 0 saturated heterocycles. The zero-order chi connectivity index (χ0) is 19.6. The highest BCUT2D eigenvalue weighted by Gasteiger charge is 2.34. The average Bonchev–Trinajstić information content (AvgIpc) is 3.08. The van der Waals surface area contributed by atoms with Crippen LogP contribution in [0.4, 0.5) is 0 Å². The van der Waals surface area contributed by atoms with Crippen LogP contribution in [0.15, 0.2) is 47.6 Å². The number of amides is 1. The lowest BCUT2D eigenvalue weighted by molar-refractivity contribution is -0.135. The number of hydrogen-bond donors (Lipinski definition) is 0. The predicted molar refractivity (Wildman–Crippen MR) is 98.6 cm³/mol. The van der Waals surface area contributed by atoms with Gasteiger partial charge in [0.15, 0.2) is 0 Å². The normalized spacial score (nSPS) is 15.8. The largest absolute Gasteiger partial charge is 0.497 e. The van der Waals surface area contributed by atoms with Crippen molar-refractivity contribution in [2.75, 3.05) is 7.11 Å². The molecule has 0 unspecified atom stereocenters. The van der Waals surface area contributed by atoms with Crippen molar-refractivity contribution in [2.24, 2.45) is 5.10 Å². The average molecular weight is 389 g/mol. The van der Waals surface area contributed by atoms with Crippen molar-refractivity contribution in [3.63, 3.8) is 0 Å². The maximum atomic E-state index is 12.1. The molecule has 0 N–H and O–H groups in total. The van der Waals surface area contributed by atoms with Crippen LogP contribution in [0.5, 0.6) is 11.5 Å². The number of carbonyl (C=O) groups is 2. The molecule has 8 heteroatoms. The molecule has 1 amide bonds. The molecule has 0 aliphatic carbocycles. The molecule has 0 radical (unpaired) electrons. The third-order valence-corrected chi connectivity index (χ3v) is 4.03. The third-order valence-electron chi connectivity index (χ3n) is 3.79. The van der Waals surface area contributed by atoms with Gasteiger partial charge in [0.05, 0.1) is 12.7 Å². The van der Waals surface area contributed by atoms with Crippen LogP contribution in [0.25, 0.3) is 0 Å². The number of carbonyl (C=O) groups excluding carboxylic acids is 2. The zero-order valence-corrected chi connectivity index (χ0v) is 15.7. The molecule has 1 aliphatic heterocycles. The van der Waals surface area contributed by atoms with Gasteiger partial charge in [-0.2, -0.15) is 5.01 Å². The number of rotatable bonds is 4. The number of ether oxygens (including phenoxy) is 3. The van der Waals surface area contributed by atoms with E-state index in [2.05, 4.69) is 5.10 Å². The summed E-state index contributed by atoms with van der Waals surface area (Å²) in [5.74, 6) is 0.253. The molecule has 27 heavy (non-hydrogen) atoms. The Labute approximate surface area is 161 Å². The number of benzene rings is 2. The van der Waals surface area contributed by atoms with E-state index in [9.17, 15) is 9.59 Å². The Balaban J connectivity index is 1.98. The van der Waals surface area contributed by atoms with Gasteiger partial charge in [0.1, 0.15) is 11.5 Å². The molecule has 0 aromatic heterocycles. The molecule has 0 spiro atoms. The molecule has 1 heterocycles. The summed E-state index contributed by atoms with van der Waals surface area (Å²) in [7, 11) is 1.57. The van der Waals surface area contributed by atoms with E-state index in [-0.39, 0.29) is 17.6 Å². The summed E-state index contributed by atoms with van der Waals surface area (Å²) >= 11 is 6.07. The first-order valence-electron chi connectivity index (χ1n) is 8.06. The van der Waals surface area contributed by atoms with Gasteiger partial charge < -0.3 is 14.2 Å². The van der Waals surface area contributed by atoms with Gasteiger partial charge in [-0.15, -0.1) is 5.10 Å². The van der Waals surface area contributed by atoms with Gasteiger partial charge in [0.2, 0.25) is 18.0 Å². The second-order valence-electron chi connectivity index (χ2n) is 5.75. The second-order valence-corrected chi connectivity index (χ2v) is 6.18. The van der Waals surface area contributed by atoms with Crippen LogP contribution in [0.1, 0.15) is 31.2 Å². The van der Waals surface area contributed by atoms with Gasteiger partial charge in [0.25, 0.3) is 0 Å². The minimum absolute atomic E-state index is 0.129. The van der Waals surface area contributed by atoms with Crippen LogP contribution in [0.3, 0.4) is 0 Å². The summed E-state index contributed by atoms with van der Waals surface area (Å²) in [5.41, 5.74) is 1.08. The monoisotopic (exact) mass is 388 g/mol. The van der Waals surface area contributed by atoms with E-state index in [1.807, 2.05) is 0 Å². The Kier molecular flexibility index (Phi) is 5.32. The smallest absolute Gasteiger partial charge is 0.308 e. The maximum Gasteiger partial charge on any atom is 0.308 e. The summed E-state index contributed by atoms with van der Waals surface area (Å²) in [5, 5.41) is 5.89. The number of hydrazone groups is 1. The molecule has 3 rings (SSSR count). The molecule has 0 saturated carbocycles. The summed E-state index contributed by atoms with van der Waals surface area (Å²) in [6.45, 7) is 2.68. The molecule has 2 aromatic carbocycles. The van der Waals surface area contributed by atoms with Gasteiger partial charge in [-0.05, 0) is 42.5 Å². The predicted octanol–water partition coefficient (Wildman–Crippen LogP) is 3.51. The highest BCUT2D eigenvalue weighted by atomic mass is 35.5. The lowest BCUT2D eigenvalue weighted by atomic mass is 10.1. The lowest BCUT2D eigenvalue weighted by Crippen LogP contribution is -2.25. The van der Waals surface area contributed by atoms with Crippen molar-refractivity contribution in [3.05, 3.63) is 58.6 Å². The minimum Gasteiger partial charge on any atom is -0.497 e. The zero-order valence-electron chi connectivity index (χ0n) is 14.9. The van der Waals surface area contributed by atoms with Crippen LogP contribution in [0.2, 0.25) is 5.02 Å². The van der Waals surface area contributed by atoms with Crippen molar-refractivity contribution >= 4 is 29.4 Å². The highest BCUT2D eigenvalue weighted by molar-refractivity contribution is 6.31. The van der Waals surface area contributed by atoms with Gasteiger partial charge in [0, 0.05) is 24.4 Å². The summed E-state index contributed by atoms with van der Waals surface area (Å²) in [6.07, 6.45) is -0.757. The van der Waals surface area contributed by atoms with E-state index in [0.29, 0.717) is 21.9 Å². The number of esters is 1. The van der Waals surface area contributed by atoms with Crippen LogP contribution < -0.4 is 9.47 Å². The first kappa shape index (κ1) is 18.7. The summed E-state index contributed by atoms with van der Waals surface area (Å²) < 4.78 is 16.3. The fourth-order valence-corrected chi connectivity index (χ4v) is 2.75. The standard InChI is InChI=1S/C19H17ClN2O5/c1-11(23)22-19(13-4-7-15(25-3)8-5-13)27-18(21-22)16-10-14(20)6-9-17(16)26-12(2)24/h4-10,19H,1-3H3/t19-/m1/s1. The summed E-state index contributed by atoms with van der Waals surface area (Å²) in [6, 6.07) is 11.8. The van der Waals surface area contributed by atoms with Crippen molar-refractivity contribution in [3.8, 4) is 11.5 Å². The maximum absolute atomic E-state index is 12.1. The Hall–Kier alpha value is -3.06. The first-order chi connectivity index (χ1) is 12.9. The van der Waals surface area contributed by atoms with Gasteiger partial charge >= 0.3 is 5.97 Å². The molecule has 1 atom stereocenters. The molecular weight excluding hydrogens is 372 g/mol. The Bertz CT molecular complexity index is 911. The molecular formula is C19H17ClN2O5. The Morgan fingerprint density at radius 1 is 1.15 bits per heavy atom. The molecule has 140 valence electrons. The molecule has 0 fully saturated rings. The van der Waals surface area contributed by atoms with Gasteiger partial charge in [-0.1, -0.05) is 11.6 Å².